The van der Waals surface area contributed by atoms with Gasteiger partial charge in [0.05, 0.1) is 35.5 Å². The van der Waals surface area contributed by atoms with Crippen molar-refractivity contribution in [3.8, 4) is 11.5 Å². The molecule has 7 nitrogen and oxygen atoms in total. The highest BCUT2D eigenvalue weighted by atomic mass is 123. The Kier molecular flexibility index (Phi) is 10.5. The summed E-state index contributed by atoms with van der Waals surface area (Å²) in [6.07, 6.45) is -0.818. The van der Waals surface area contributed by atoms with Gasteiger partial charge < -0.3 is 19.7 Å². The SMILES string of the molecule is CC(CCl)COc1c(Cl)cc(C(C)(C)c2ccc(OCC(O)Cn3nnc([123I])c3CO)cc2)cc1Cl. The van der Waals surface area contributed by atoms with Crippen molar-refractivity contribution in [2.24, 2.45) is 5.92 Å². The van der Waals surface area contributed by atoms with E-state index in [4.69, 9.17) is 44.3 Å². The van der Waals surface area contributed by atoms with E-state index in [0.29, 0.717) is 43.4 Å². The summed E-state index contributed by atoms with van der Waals surface area (Å²) in [4.78, 5) is 0. The van der Waals surface area contributed by atoms with Crippen LogP contribution in [0.1, 0.15) is 37.6 Å². The van der Waals surface area contributed by atoms with Gasteiger partial charge in [-0.3, -0.25) is 0 Å². The number of aromatic nitrogens is 3. The molecule has 0 saturated heterocycles. The van der Waals surface area contributed by atoms with Crippen molar-refractivity contribution in [1.82, 2.24) is 15.0 Å². The highest BCUT2D eigenvalue weighted by Gasteiger charge is 2.26. The molecule has 1 aromatic heterocycles. The second kappa shape index (κ2) is 13.0. The molecule has 0 saturated carbocycles. The predicted molar refractivity (Wildman–Crippen MR) is 151 cm³/mol. The van der Waals surface area contributed by atoms with Crippen molar-refractivity contribution >= 4 is 57.4 Å². The first kappa shape index (κ1) is 29.3. The lowest BCUT2D eigenvalue weighted by Gasteiger charge is -2.27. The molecule has 0 spiro atoms. The molecule has 2 atom stereocenters. The van der Waals surface area contributed by atoms with E-state index < -0.39 is 11.5 Å². The van der Waals surface area contributed by atoms with E-state index in [1.54, 1.807) is 0 Å². The Bertz CT molecular complexity index is 1130. The van der Waals surface area contributed by atoms with E-state index in [9.17, 15) is 10.2 Å². The normalized spacial score (nSPS) is 13.5. The quantitative estimate of drug-likeness (QED) is 0.191. The van der Waals surface area contributed by atoms with Crippen LogP contribution in [0.2, 0.25) is 10.0 Å². The van der Waals surface area contributed by atoms with Gasteiger partial charge in [0, 0.05) is 17.2 Å². The van der Waals surface area contributed by atoms with Crippen molar-refractivity contribution in [3.05, 3.63) is 67.0 Å². The third-order valence-electron chi connectivity index (χ3n) is 5.84. The van der Waals surface area contributed by atoms with Crippen LogP contribution in [0.15, 0.2) is 36.4 Å². The van der Waals surface area contributed by atoms with Crippen LogP contribution in [-0.2, 0) is 18.6 Å². The molecule has 196 valence electrons. The number of ether oxygens (including phenoxy) is 2. The summed E-state index contributed by atoms with van der Waals surface area (Å²) in [5.41, 5.74) is 2.15. The predicted octanol–water partition coefficient (Wildman–Crippen LogP) is 5.70. The molecule has 1 heterocycles. The summed E-state index contributed by atoms with van der Waals surface area (Å²) < 4.78 is 13.6. The Labute approximate surface area is 239 Å². The van der Waals surface area contributed by atoms with E-state index in [0.717, 1.165) is 11.1 Å². The number of alkyl halides is 1. The van der Waals surface area contributed by atoms with Gasteiger partial charge in [0.25, 0.3) is 0 Å². The summed E-state index contributed by atoms with van der Waals surface area (Å²) in [5, 5.41) is 28.5. The molecule has 0 aliphatic heterocycles. The van der Waals surface area contributed by atoms with Gasteiger partial charge in [-0.2, -0.15) is 0 Å². The first-order chi connectivity index (χ1) is 17.1. The van der Waals surface area contributed by atoms with Gasteiger partial charge in [-0.1, -0.05) is 61.3 Å². The molecular formula is C25H29Cl3IN3O4. The van der Waals surface area contributed by atoms with Crippen molar-refractivity contribution in [2.45, 2.75) is 45.4 Å². The van der Waals surface area contributed by atoms with E-state index in [2.05, 4.69) is 24.2 Å². The lowest BCUT2D eigenvalue weighted by molar-refractivity contribution is 0.0866. The molecule has 36 heavy (non-hydrogen) atoms. The summed E-state index contributed by atoms with van der Waals surface area (Å²) in [6, 6.07) is 11.4. The van der Waals surface area contributed by atoms with Crippen molar-refractivity contribution in [3.63, 3.8) is 0 Å². The molecule has 11 heteroatoms. The van der Waals surface area contributed by atoms with E-state index in [1.165, 1.54) is 4.68 Å². The second-order valence-electron chi connectivity index (χ2n) is 9.12. The van der Waals surface area contributed by atoms with Gasteiger partial charge in [0.1, 0.15) is 22.2 Å². The largest absolute Gasteiger partial charge is 0.491 e. The van der Waals surface area contributed by atoms with Crippen molar-refractivity contribution < 1.29 is 19.7 Å². The summed E-state index contributed by atoms with van der Waals surface area (Å²) in [5.74, 6) is 1.76. The van der Waals surface area contributed by atoms with E-state index in [1.807, 2.05) is 65.9 Å². The molecule has 2 N–H and O–H groups in total. The minimum atomic E-state index is -0.818. The second-order valence-corrected chi connectivity index (χ2v) is 11.3. The lowest BCUT2D eigenvalue weighted by Crippen LogP contribution is -2.25. The highest BCUT2D eigenvalue weighted by Crippen LogP contribution is 2.40. The first-order valence-corrected chi connectivity index (χ1v) is 13.7. The first-order valence-electron chi connectivity index (χ1n) is 11.3. The maximum Gasteiger partial charge on any atom is 0.156 e. The number of halogens is 4. The van der Waals surface area contributed by atoms with E-state index in [-0.39, 0.29) is 25.7 Å². The van der Waals surface area contributed by atoms with Gasteiger partial charge in [0.2, 0.25) is 0 Å². The molecule has 0 amide bonds. The summed E-state index contributed by atoms with van der Waals surface area (Å²) in [6.45, 7) is 6.64. The maximum absolute atomic E-state index is 10.3. The Balaban J connectivity index is 1.65. The lowest BCUT2D eigenvalue weighted by atomic mass is 9.78. The monoisotopic (exact) mass is 663 g/mol. The number of rotatable bonds is 12. The van der Waals surface area contributed by atoms with Crippen LogP contribution in [0, 0.1) is 9.62 Å². The van der Waals surface area contributed by atoms with Gasteiger partial charge in [0.15, 0.2) is 5.75 Å². The minimum Gasteiger partial charge on any atom is -0.491 e. The van der Waals surface area contributed by atoms with Crippen LogP contribution in [0.3, 0.4) is 0 Å². The molecule has 0 aliphatic carbocycles. The Morgan fingerprint density at radius 3 is 2.28 bits per heavy atom. The standard InChI is InChI=1S/C25H29Cl3IN3O4/c1-15(10-26)13-36-23-20(27)8-17(9-21(23)28)25(2,3)16-4-6-19(7-5-16)35-14-18(34)11-32-22(12-33)24(29)30-31-32/h4-9,15,18,33-34H,10-14H2,1-3H3/i29-4. The van der Waals surface area contributed by atoms with Gasteiger partial charge in [-0.15, -0.1) is 16.7 Å². The van der Waals surface area contributed by atoms with Crippen LogP contribution in [-0.4, -0.2) is 50.4 Å². The number of hydrogen-bond donors (Lipinski definition) is 2. The zero-order chi connectivity index (χ0) is 26.5. The number of hydrogen-bond acceptors (Lipinski definition) is 6. The van der Waals surface area contributed by atoms with Crippen LogP contribution >= 0.6 is 57.4 Å². The van der Waals surface area contributed by atoms with Crippen LogP contribution in [0.5, 0.6) is 11.5 Å². The highest BCUT2D eigenvalue weighted by molar-refractivity contribution is 14.1. The molecule has 3 rings (SSSR count). The number of aliphatic hydroxyl groups excluding tert-OH is 2. The molecule has 0 fully saturated rings. The van der Waals surface area contributed by atoms with Crippen LogP contribution < -0.4 is 9.47 Å². The van der Waals surface area contributed by atoms with Crippen LogP contribution in [0.4, 0.5) is 0 Å². The van der Waals surface area contributed by atoms with Crippen LogP contribution in [0.25, 0.3) is 0 Å². The Morgan fingerprint density at radius 2 is 1.69 bits per heavy atom. The molecule has 0 bridgehead atoms. The maximum atomic E-state index is 10.3. The average Bonchev–Trinajstić information content (AvgIpc) is 3.20. The fraction of sp³-hybridized carbons (Fsp3) is 0.440. The van der Waals surface area contributed by atoms with E-state index >= 15 is 0 Å². The van der Waals surface area contributed by atoms with Gasteiger partial charge in [-0.25, -0.2) is 4.68 Å². The molecule has 0 radical (unpaired) electrons. The minimum absolute atomic E-state index is 0.0685. The fourth-order valence-electron chi connectivity index (χ4n) is 3.51. The van der Waals surface area contributed by atoms with Gasteiger partial charge in [-0.05, 0) is 58.0 Å². The zero-order valence-corrected chi connectivity index (χ0v) is 24.6. The Morgan fingerprint density at radius 1 is 1.06 bits per heavy atom. The van der Waals surface area contributed by atoms with Crippen molar-refractivity contribution in [2.75, 3.05) is 19.1 Å². The van der Waals surface area contributed by atoms with Gasteiger partial charge >= 0.3 is 0 Å². The molecule has 3 aromatic rings. The zero-order valence-electron chi connectivity index (χ0n) is 20.2. The average molecular weight is 665 g/mol. The summed E-state index contributed by atoms with van der Waals surface area (Å²) >= 11 is 20.9. The fourth-order valence-corrected chi connectivity index (χ4v) is 4.74. The number of aliphatic hydroxyl groups is 2. The third kappa shape index (κ3) is 7.17. The number of nitrogens with zero attached hydrogens (tertiary/aromatic N) is 3. The molecular weight excluding hydrogens is 636 g/mol. The third-order valence-corrected chi connectivity index (χ3v) is 7.76. The smallest absolute Gasteiger partial charge is 0.156 e. The topological polar surface area (TPSA) is 89.6 Å². The molecule has 2 aromatic carbocycles. The van der Waals surface area contributed by atoms with Crippen molar-refractivity contribution in [1.29, 1.82) is 0 Å². The molecule has 0 aliphatic rings. The Hall–Kier alpha value is -1.30. The molecule has 2 unspecified atom stereocenters. The summed E-state index contributed by atoms with van der Waals surface area (Å²) in [7, 11) is 0. The number of benzene rings is 2.